The van der Waals surface area contributed by atoms with Gasteiger partial charge in [0.25, 0.3) is 0 Å². The van der Waals surface area contributed by atoms with Crippen LogP contribution >= 0.6 is 11.8 Å². The number of nitrogens with two attached hydrogens (primary N) is 1. The van der Waals surface area contributed by atoms with Crippen LogP contribution < -0.4 is 5.73 Å². The second-order valence-corrected chi connectivity index (χ2v) is 4.94. The SMILES string of the molecule is Cc1cc(SC2COC2)ccc1CN. The van der Waals surface area contributed by atoms with E-state index >= 15 is 0 Å². The summed E-state index contributed by atoms with van der Waals surface area (Å²) in [6.45, 7) is 4.53. The molecule has 1 heterocycles. The van der Waals surface area contributed by atoms with Gasteiger partial charge in [0.2, 0.25) is 0 Å². The van der Waals surface area contributed by atoms with Crippen LogP contribution in [0.15, 0.2) is 23.1 Å². The molecule has 0 saturated carbocycles. The molecule has 2 N–H and O–H groups in total. The molecule has 1 aromatic rings. The predicted octanol–water partition coefficient (Wildman–Crippen LogP) is 1.94. The number of ether oxygens (including phenoxy) is 1. The number of hydrogen-bond donors (Lipinski definition) is 1. The fraction of sp³-hybridized carbons (Fsp3) is 0.455. The van der Waals surface area contributed by atoms with Gasteiger partial charge in [-0.2, -0.15) is 0 Å². The van der Waals surface area contributed by atoms with Crippen molar-refractivity contribution in [2.75, 3.05) is 13.2 Å². The van der Waals surface area contributed by atoms with E-state index in [4.69, 9.17) is 10.5 Å². The molecule has 3 heteroatoms. The standard InChI is InChI=1S/C11H15NOS/c1-8-4-10(3-2-9(8)5-12)14-11-6-13-7-11/h2-4,11H,5-7,12H2,1H3. The Kier molecular flexibility index (Phi) is 3.11. The lowest BCUT2D eigenvalue weighted by Gasteiger charge is -2.25. The smallest absolute Gasteiger partial charge is 0.0611 e. The van der Waals surface area contributed by atoms with Crippen molar-refractivity contribution in [3.05, 3.63) is 29.3 Å². The zero-order valence-corrected chi connectivity index (χ0v) is 9.14. The number of hydrogen-bond acceptors (Lipinski definition) is 3. The van der Waals surface area contributed by atoms with Crippen molar-refractivity contribution in [2.45, 2.75) is 23.6 Å². The lowest BCUT2D eigenvalue weighted by atomic mass is 10.1. The van der Waals surface area contributed by atoms with Gasteiger partial charge in [0.15, 0.2) is 0 Å². The van der Waals surface area contributed by atoms with Crippen LogP contribution in [0, 0.1) is 6.92 Å². The van der Waals surface area contributed by atoms with Crippen LogP contribution in [-0.4, -0.2) is 18.5 Å². The van der Waals surface area contributed by atoms with Crippen LogP contribution in [0.5, 0.6) is 0 Å². The van der Waals surface area contributed by atoms with Gasteiger partial charge in [-0.25, -0.2) is 0 Å². The van der Waals surface area contributed by atoms with Crippen LogP contribution in [0.3, 0.4) is 0 Å². The monoisotopic (exact) mass is 209 g/mol. The summed E-state index contributed by atoms with van der Waals surface area (Å²) in [6.07, 6.45) is 0. The lowest BCUT2D eigenvalue weighted by Crippen LogP contribution is -2.30. The molecule has 1 saturated heterocycles. The van der Waals surface area contributed by atoms with Crippen molar-refractivity contribution < 1.29 is 4.74 Å². The zero-order valence-electron chi connectivity index (χ0n) is 8.32. The fourth-order valence-corrected chi connectivity index (χ4v) is 2.55. The third kappa shape index (κ3) is 2.11. The van der Waals surface area contributed by atoms with Gasteiger partial charge in [-0.15, -0.1) is 11.8 Å². The third-order valence-electron chi connectivity index (χ3n) is 2.44. The van der Waals surface area contributed by atoms with Crippen molar-refractivity contribution in [1.29, 1.82) is 0 Å². The largest absolute Gasteiger partial charge is 0.379 e. The molecule has 0 aromatic heterocycles. The molecule has 2 rings (SSSR count). The quantitative estimate of drug-likeness (QED) is 0.826. The van der Waals surface area contributed by atoms with Crippen LogP contribution in [-0.2, 0) is 11.3 Å². The van der Waals surface area contributed by atoms with Crippen molar-refractivity contribution in [2.24, 2.45) is 5.73 Å². The van der Waals surface area contributed by atoms with E-state index in [1.165, 1.54) is 16.0 Å². The van der Waals surface area contributed by atoms with Crippen LogP contribution in [0.4, 0.5) is 0 Å². The Hall–Kier alpha value is -0.510. The fourth-order valence-electron chi connectivity index (χ4n) is 1.45. The van der Waals surface area contributed by atoms with Crippen molar-refractivity contribution >= 4 is 11.8 Å². The van der Waals surface area contributed by atoms with Crippen molar-refractivity contribution in [1.82, 2.24) is 0 Å². The third-order valence-corrected chi connectivity index (χ3v) is 3.58. The van der Waals surface area contributed by atoms with Crippen LogP contribution in [0.1, 0.15) is 11.1 Å². The van der Waals surface area contributed by atoms with E-state index in [2.05, 4.69) is 25.1 Å². The molecule has 2 nitrogen and oxygen atoms in total. The molecule has 1 aliphatic rings. The second kappa shape index (κ2) is 4.34. The highest BCUT2D eigenvalue weighted by molar-refractivity contribution is 8.00. The molecule has 0 bridgehead atoms. The van der Waals surface area contributed by atoms with Crippen molar-refractivity contribution in [3.8, 4) is 0 Å². The first kappa shape index (κ1) is 10.0. The first-order valence-electron chi connectivity index (χ1n) is 4.83. The van der Waals surface area contributed by atoms with Crippen LogP contribution in [0.2, 0.25) is 0 Å². The Morgan fingerprint density at radius 2 is 2.29 bits per heavy atom. The number of aryl methyl sites for hydroxylation is 1. The van der Waals surface area contributed by atoms with E-state index < -0.39 is 0 Å². The van der Waals surface area contributed by atoms with E-state index in [-0.39, 0.29) is 0 Å². The summed E-state index contributed by atoms with van der Waals surface area (Å²) in [5.41, 5.74) is 8.14. The van der Waals surface area contributed by atoms with Gasteiger partial charge in [-0.3, -0.25) is 0 Å². The summed E-state index contributed by atoms with van der Waals surface area (Å²) in [4.78, 5) is 1.33. The molecule has 0 radical (unpaired) electrons. The average Bonchev–Trinajstić information content (AvgIpc) is 2.12. The Morgan fingerprint density at radius 3 is 2.79 bits per heavy atom. The molecule has 1 fully saturated rings. The molecule has 1 aromatic carbocycles. The number of thioether (sulfide) groups is 1. The predicted molar refractivity (Wildman–Crippen MR) is 59.5 cm³/mol. The van der Waals surface area contributed by atoms with Gasteiger partial charge >= 0.3 is 0 Å². The second-order valence-electron chi connectivity index (χ2n) is 3.57. The van der Waals surface area contributed by atoms with Gasteiger partial charge in [0.05, 0.1) is 18.5 Å². The first-order valence-corrected chi connectivity index (χ1v) is 5.71. The molecule has 0 atom stereocenters. The highest BCUT2D eigenvalue weighted by atomic mass is 32.2. The van der Waals surface area contributed by atoms with E-state index in [1.807, 2.05) is 11.8 Å². The molecular formula is C11H15NOS. The highest BCUT2D eigenvalue weighted by Crippen LogP contribution is 2.29. The Labute approximate surface area is 88.8 Å². The van der Waals surface area contributed by atoms with E-state index in [1.54, 1.807) is 0 Å². The topological polar surface area (TPSA) is 35.2 Å². The zero-order chi connectivity index (χ0) is 9.97. The van der Waals surface area contributed by atoms with Gasteiger partial charge in [0.1, 0.15) is 0 Å². The summed E-state index contributed by atoms with van der Waals surface area (Å²) in [5, 5.41) is 0.651. The minimum absolute atomic E-state index is 0.628. The summed E-state index contributed by atoms with van der Waals surface area (Å²) in [7, 11) is 0. The maximum atomic E-state index is 5.61. The first-order chi connectivity index (χ1) is 6.79. The molecule has 76 valence electrons. The van der Waals surface area contributed by atoms with Gasteiger partial charge in [0, 0.05) is 11.4 Å². The summed E-state index contributed by atoms with van der Waals surface area (Å²) >= 11 is 1.90. The van der Waals surface area contributed by atoms with Crippen LogP contribution in [0.25, 0.3) is 0 Å². The number of rotatable bonds is 3. The molecule has 0 amide bonds. The maximum Gasteiger partial charge on any atom is 0.0611 e. The molecule has 14 heavy (non-hydrogen) atoms. The Morgan fingerprint density at radius 1 is 1.50 bits per heavy atom. The minimum atomic E-state index is 0.628. The van der Waals surface area contributed by atoms with Gasteiger partial charge < -0.3 is 10.5 Å². The van der Waals surface area contributed by atoms with E-state index in [0.717, 1.165) is 13.2 Å². The Balaban J connectivity index is 2.07. The van der Waals surface area contributed by atoms with Gasteiger partial charge in [-0.1, -0.05) is 6.07 Å². The maximum absolute atomic E-state index is 5.61. The van der Waals surface area contributed by atoms with Gasteiger partial charge in [-0.05, 0) is 30.2 Å². The molecule has 1 aliphatic heterocycles. The summed E-state index contributed by atoms with van der Waals surface area (Å²) in [6, 6.07) is 6.49. The summed E-state index contributed by atoms with van der Waals surface area (Å²) < 4.78 is 5.14. The molecule has 0 spiro atoms. The summed E-state index contributed by atoms with van der Waals surface area (Å²) in [5.74, 6) is 0. The van der Waals surface area contributed by atoms with Crippen molar-refractivity contribution in [3.63, 3.8) is 0 Å². The average molecular weight is 209 g/mol. The molecule has 0 unspecified atom stereocenters. The molecule has 0 aliphatic carbocycles. The normalized spacial score (nSPS) is 16.7. The highest BCUT2D eigenvalue weighted by Gasteiger charge is 2.19. The molecular weight excluding hydrogens is 194 g/mol. The lowest BCUT2D eigenvalue weighted by molar-refractivity contribution is 0.0455. The Bertz CT molecular complexity index is 323. The number of benzene rings is 1. The van der Waals surface area contributed by atoms with E-state index in [0.29, 0.717) is 11.8 Å². The van der Waals surface area contributed by atoms with E-state index in [9.17, 15) is 0 Å². The minimum Gasteiger partial charge on any atom is -0.379 e.